The molecule has 32 heavy (non-hydrogen) atoms. The molecule has 0 N–H and O–H groups in total. The molecule has 0 bridgehead atoms. The van der Waals surface area contributed by atoms with Gasteiger partial charge in [0.15, 0.2) is 0 Å². The molecule has 0 saturated carbocycles. The molecule has 0 aliphatic heterocycles. The highest BCUT2D eigenvalue weighted by molar-refractivity contribution is 9.11. The molecule has 0 saturated heterocycles. The van der Waals surface area contributed by atoms with Crippen molar-refractivity contribution in [2.75, 3.05) is 0 Å². The fourth-order valence-electron chi connectivity index (χ4n) is 5.98. The predicted octanol–water partition coefficient (Wildman–Crippen LogP) is 8.76. The van der Waals surface area contributed by atoms with Crippen LogP contribution < -0.4 is 0 Å². The van der Waals surface area contributed by atoms with Crippen molar-refractivity contribution in [1.29, 1.82) is 0 Å². The third-order valence-corrected chi connectivity index (χ3v) is 8.34. The summed E-state index contributed by atoms with van der Waals surface area (Å²) in [6.07, 6.45) is 38.7. The molecule has 0 radical (unpaired) electrons. The number of hydrogen-bond acceptors (Lipinski definition) is 1. The van der Waals surface area contributed by atoms with Gasteiger partial charge in [0.25, 0.3) is 0 Å². The van der Waals surface area contributed by atoms with Crippen LogP contribution in [0.25, 0.3) is 0 Å². The number of rotatable bonds is 5. The lowest BCUT2D eigenvalue weighted by atomic mass is 9.84. The Hall–Kier alpha value is -1.80. The lowest BCUT2D eigenvalue weighted by Crippen LogP contribution is -2.43. The first kappa shape index (κ1) is 22.0. The van der Waals surface area contributed by atoms with Crippen molar-refractivity contribution in [3.05, 3.63) is 93.2 Å². The summed E-state index contributed by atoms with van der Waals surface area (Å²) in [6.45, 7) is 0. The second-order valence-electron chi connectivity index (χ2n) is 9.80. The number of nitrogens with zero attached hydrogens (tertiary/aromatic N) is 1. The van der Waals surface area contributed by atoms with E-state index in [1.165, 1.54) is 75.1 Å². The quantitative estimate of drug-likeness (QED) is 0.372. The Kier molecular flexibility index (Phi) is 7.17. The van der Waals surface area contributed by atoms with E-state index in [0.29, 0.717) is 12.1 Å². The van der Waals surface area contributed by atoms with Crippen molar-refractivity contribution in [2.24, 2.45) is 0 Å². The highest BCUT2D eigenvalue weighted by atomic mass is 79.9. The average molecular weight is 491 g/mol. The highest BCUT2D eigenvalue weighted by Crippen LogP contribution is 2.38. The van der Waals surface area contributed by atoms with Crippen LogP contribution in [0.2, 0.25) is 0 Å². The van der Waals surface area contributed by atoms with Crippen molar-refractivity contribution in [2.45, 2.75) is 89.1 Å². The van der Waals surface area contributed by atoms with Crippen LogP contribution in [0.3, 0.4) is 0 Å². The van der Waals surface area contributed by atoms with Crippen LogP contribution in [0.4, 0.5) is 0 Å². The van der Waals surface area contributed by atoms with Crippen molar-refractivity contribution in [3.8, 4) is 0 Å². The Morgan fingerprint density at radius 2 is 1.66 bits per heavy atom. The van der Waals surface area contributed by atoms with Gasteiger partial charge in [0.1, 0.15) is 0 Å². The molecule has 0 spiro atoms. The van der Waals surface area contributed by atoms with Crippen LogP contribution in [0, 0.1) is 0 Å². The van der Waals surface area contributed by atoms with Gasteiger partial charge in [-0.3, -0.25) is 0 Å². The molecule has 5 aliphatic rings. The summed E-state index contributed by atoms with van der Waals surface area (Å²) in [4.78, 5) is 2.79. The maximum absolute atomic E-state index is 3.66. The molecule has 0 amide bonds. The van der Waals surface area contributed by atoms with Crippen molar-refractivity contribution in [1.82, 2.24) is 4.90 Å². The molecule has 5 aliphatic carbocycles. The lowest BCUT2D eigenvalue weighted by molar-refractivity contribution is 0.190. The van der Waals surface area contributed by atoms with Gasteiger partial charge in [0.05, 0.1) is 6.04 Å². The fraction of sp³-hybridized carbons (Fsp3) is 0.467. The minimum Gasteiger partial charge on any atom is -0.365 e. The fourth-order valence-corrected chi connectivity index (χ4v) is 6.32. The second-order valence-corrected chi connectivity index (χ2v) is 10.7. The lowest BCUT2D eigenvalue weighted by Gasteiger charge is -2.43. The van der Waals surface area contributed by atoms with E-state index in [2.05, 4.69) is 81.6 Å². The number of hydrogen-bond donors (Lipinski definition) is 0. The summed E-state index contributed by atoms with van der Waals surface area (Å²) < 4.78 is 1.22. The van der Waals surface area contributed by atoms with E-state index in [1.807, 2.05) is 0 Å². The van der Waals surface area contributed by atoms with E-state index in [4.69, 9.17) is 0 Å². The summed E-state index contributed by atoms with van der Waals surface area (Å²) in [5.74, 6) is 0. The molecule has 2 atom stereocenters. The standard InChI is InChI=1S/C30H36BrN/c31-27-15-21-30(22-16-27)32(28-17-11-25(12-18-28)23-7-3-1-4-8-23)29-19-13-26(14-20-29)24-9-5-2-6-10-24/h1,3,7,9,11,13,15-16,19,21,28,30H,2,4-6,8,10,12,14,17-18,20,22H2. The largest absolute Gasteiger partial charge is 0.365 e. The first-order valence-electron chi connectivity index (χ1n) is 12.7. The zero-order valence-corrected chi connectivity index (χ0v) is 20.8. The Bertz CT molecular complexity index is 965. The molecule has 0 aromatic heterocycles. The van der Waals surface area contributed by atoms with Gasteiger partial charge >= 0.3 is 0 Å². The van der Waals surface area contributed by atoms with E-state index >= 15 is 0 Å². The van der Waals surface area contributed by atoms with E-state index in [1.54, 1.807) is 28.0 Å². The van der Waals surface area contributed by atoms with Gasteiger partial charge in [-0.2, -0.15) is 0 Å². The predicted molar refractivity (Wildman–Crippen MR) is 141 cm³/mol. The molecule has 2 unspecified atom stereocenters. The zero-order valence-electron chi connectivity index (χ0n) is 19.2. The van der Waals surface area contributed by atoms with Crippen LogP contribution in [0.5, 0.6) is 0 Å². The van der Waals surface area contributed by atoms with Crippen LogP contribution in [-0.2, 0) is 0 Å². The normalized spacial score (nSPS) is 28.2. The summed E-state index contributed by atoms with van der Waals surface area (Å²) in [6, 6.07) is 1.08. The summed E-state index contributed by atoms with van der Waals surface area (Å²) in [5.41, 5.74) is 7.96. The van der Waals surface area contributed by atoms with Gasteiger partial charge in [0, 0.05) is 16.2 Å². The molecule has 5 rings (SSSR count). The van der Waals surface area contributed by atoms with Gasteiger partial charge in [-0.1, -0.05) is 70.6 Å². The minimum absolute atomic E-state index is 0.475. The zero-order chi connectivity index (χ0) is 21.8. The van der Waals surface area contributed by atoms with Crippen molar-refractivity contribution >= 4 is 15.9 Å². The Morgan fingerprint density at radius 1 is 0.750 bits per heavy atom. The third-order valence-electron chi connectivity index (χ3n) is 7.75. The van der Waals surface area contributed by atoms with Gasteiger partial charge in [-0.25, -0.2) is 0 Å². The first-order valence-corrected chi connectivity index (χ1v) is 13.5. The van der Waals surface area contributed by atoms with Gasteiger partial charge in [-0.05, 0) is 105 Å². The number of allylic oxidation sites excluding steroid dienone is 13. The van der Waals surface area contributed by atoms with E-state index in [-0.39, 0.29) is 0 Å². The second kappa shape index (κ2) is 10.4. The smallest absolute Gasteiger partial charge is 0.0511 e. The Balaban J connectivity index is 1.37. The summed E-state index contributed by atoms with van der Waals surface area (Å²) in [5, 5.41) is 0. The molecule has 1 nitrogen and oxygen atoms in total. The maximum atomic E-state index is 3.66. The summed E-state index contributed by atoms with van der Waals surface area (Å²) >= 11 is 3.66. The average Bonchev–Trinajstić information content (AvgIpc) is 2.87. The highest BCUT2D eigenvalue weighted by Gasteiger charge is 2.30. The maximum Gasteiger partial charge on any atom is 0.0511 e. The van der Waals surface area contributed by atoms with E-state index < -0.39 is 0 Å². The van der Waals surface area contributed by atoms with Crippen LogP contribution >= 0.6 is 15.9 Å². The molecule has 2 heteroatoms. The molecular weight excluding hydrogens is 454 g/mol. The third kappa shape index (κ3) is 5.06. The Labute approximate surface area is 202 Å². The van der Waals surface area contributed by atoms with Crippen LogP contribution in [-0.4, -0.2) is 17.0 Å². The SMILES string of the molecule is BrC1=CCC(N(C2=CC=C(C3=CCCCC3)CC2)C2CC=C(C3=CC=CCC3)CC2)C=C1. The van der Waals surface area contributed by atoms with Gasteiger partial charge in [0.2, 0.25) is 0 Å². The molecule has 0 aromatic rings. The number of halogens is 1. The van der Waals surface area contributed by atoms with Crippen LogP contribution in [0.15, 0.2) is 93.2 Å². The topological polar surface area (TPSA) is 3.24 Å². The van der Waals surface area contributed by atoms with E-state index in [0.717, 1.165) is 6.42 Å². The first-order chi connectivity index (χ1) is 15.8. The molecule has 0 aromatic carbocycles. The van der Waals surface area contributed by atoms with Crippen molar-refractivity contribution in [3.63, 3.8) is 0 Å². The molecular formula is C30H36BrN. The van der Waals surface area contributed by atoms with Gasteiger partial charge < -0.3 is 4.90 Å². The summed E-state index contributed by atoms with van der Waals surface area (Å²) in [7, 11) is 0. The minimum atomic E-state index is 0.475. The van der Waals surface area contributed by atoms with Gasteiger partial charge in [-0.15, -0.1) is 0 Å². The Morgan fingerprint density at radius 3 is 2.31 bits per heavy atom. The van der Waals surface area contributed by atoms with E-state index in [9.17, 15) is 0 Å². The molecule has 168 valence electrons. The van der Waals surface area contributed by atoms with Crippen LogP contribution in [0.1, 0.15) is 77.0 Å². The monoisotopic (exact) mass is 489 g/mol. The molecule has 0 heterocycles. The van der Waals surface area contributed by atoms with Crippen molar-refractivity contribution < 1.29 is 0 Å². The molecule has 0 fully saturated rings.